The Morgan fingerprint density at radius 3 is 2.17 bits per heavy atom. The Hall–Kier alpha value is -2.91. The van der Waals surface area contributed by atoms with Crippen LogP contribution in [0.3, 0.4) is 0 Å². The van der Waals surface area contributed by atoms with Gasteiger partial charge in [-0.2, -0.15) is 0 Å². The number of amides is 2. The number of allylic oxidation sites excluding steroid dienone is 2. The van der Waals surface area contributed by atoms with E-state index < -0.39 is 29.4 Å². The molecule has 5 aliphatic carbocycles. The van der Waals surface area contributed by atoms with Gasteiger partial charge in [-0.15, -0.1) is 0 Å². The van der Waals surface area contributed by atoms with Gasteiger partial charge in [-0.1, -0.05) is 74.0 Å². The second-order valence-corrected chi connectivity index (χ2v) is 20.1. The highest BCUT2D eigenvalue weighted by Gasteiger charge is 2.69. The molecule has 0 saturated heterocycles. The zero-order valence-electron chi connectivity index (χ0n) is 34.0. The predicted octanol–water partition coefficient (Wildman–Crippen LogP) is 7.69. The molecular weight excluding hydrogens is 672 g/mol. The number of ether oxygens (including phenoxy) is 1. The SMILES string of the molecule is CC(C)[C@H](NC(=O)CCCNC(=O)[C@]12CCC(C)(C)CC1C1=CCC3[C@@]4(C)CC[C@H](OC(=O)CCC(=O)O)C(C)(C)C4CC[C@@]3(C)[C@]1(C)CC2)C(=O)O. The van der Waals surface area contributed by atoms with Gasteiger partial charge in [0.2, 0.25) is 11.8 Å². The second kappa shape index (κ2) is 14.6. The number of carbonyl (C=O) groups is 5. The van der Waals surface area contributed by atoms with Crippen molar-refractivity contribution in [2.75, 3.05) is 6.54 Å². The van der Waals surface area contributed by atoms with Crippen molar-refractivity contribution < 1.29 is 38.9 Å². The molecule has 4 N–H and O–H groups in total. The van der Waals surface area contributed by atoms with Crippen molar-refractivity contribution >= 4 is 29.7 Å². The van der Waals surface area contributed by atoms with Gasteiger partial charge in [0.1, 0.15) is 12.1 Å². The number of esters is 1. The van der Waals surface area contributed by atoms with Gasteiger partial charge in [-0.25, -0.2) is 4.79 Å². The lowest BCUT2D eigenvalue weighted by atomic mass is 9.33. The molecule has 0 aliphatic heterocycles. The maximum Gasteiger partial charge on any atom is 0.326 e. The van der Waals surface area contributed by atoms with Crippen molar-refractivity contribution in [2.45, 2.75) is 164 Å². The van der Waals surface area contributed by atoms with E-state index in [9.17, 15) is 29.1 Å². The summed E-state index contributed by atoms with van der Waals surface area (Å²) in [7, 11) is 0. The highest BCUT2D eigenvalue weighted by molar-refractivity contribution is 5.85. The molecule has 53 heavy (non-hydrogen) atoms. The molecule has 0 radical (unpaired) electrons. The quantitative estimate of drug-likeness (QED) is 0.0901. The van der Waals surface area contributed by atoms with E-state index in [1.165, 1.54) is 5.57 Å². The Kier molecular flexibility index (Phi) is 11.4. The van der Waals surface area contributed by atoms with Gasteiger partial charge in [0.25, 0.3) is 0 Å². The molecule has 0 heterocycles. The number of hydrogen-bond acceptors (Lipinski definition) is 6. The molecule has 298 valence electrons. The van der Waals surface area contributed by atoms with Crippen LogP contribution in [0.1, 0.15) is 152 Å². The van der Waals surface area contributed by atoms with Gasteiger partial charge in [0.15, 0.2) is 0 Å². The topological polar surface area (TPSA) is 159 Å². The first-order valence-electron chi connectivity index (χ1n) is 20.5. The van der Waals surface area contributed by atoms with Crippen molar-refractivity contribution in [1.82, 2.24) is 10.6 Å². The molecule has 10 heteroatoms. The third-order valence-corrected chi connectivity index (χ3v) is 16.0. The van der Waals surface area contributed by atoms with E-state index in [1.807, 2.05) is 0 Å². The molecule has 2 amide bonds. The highest BCUT2D eigenvalue weighted by Crippen LogP contribution is 2.75. The fourth-order valence-corrected chi connectivity index (χ4v) is 12.6. The standard InChI is InChI=1S/C43H68N2O8/c1-26(2)35(36(50)51)45-32(46)11-10-24-44-37(52)43-22-20-38(3,4)25-28(43)27-12-13-30-40(7)18-17-31(53-34(49)15-14-33(47)48)39(5,6)29(40)16-19-42(30,9)41(27,8)21-23-43/h12,26,28-31,35H,10-11,13-25H2,1-9H3,(H,44,52)(H,45,46)(H,47,48)(H,50,51)/t28?,29?,30?,31-,35-,40-,41+,42+,43-/m0/s1. The smallest absolute Gasteiger partial charge is 0.326 e. The minimum absolute atomic E-state index is 0.0464. The lowest BCUT2D eigenvalue weighted by Gasteiger charge is -2.71. The molecule has 0 bridgehead atoms. The maximum atomic E-state index is 14.4. The van der Waals surface area contributed by atoms with E-state index >= 15 is 0 Å². The van der Waals surface area contributed by atoms with E-state index in [-0.39, 0.29) is 76.1 Å². The van der Waals surface area contributed by atoms with Crippen LogP contribution in [0.4, 0.5) is 0 Å². The number of fused-ring (bicyclic) bond motifs is 7. The highest BCUT2D eigenvalue weighted by atomic mass is 16.5. The van der Waals surface area contributed by atoms with Crippen LogP contribution in [-0.2, 0) is 28.7 Å². The summed E-state index contributed by atoms with van der Waals surface area (Å²) in [4.78, 5) is 62.3. The molecule has 10 nitrogen and oxygen atoms in total. The largest absolute Gasteiger partial charge is 0.481 e. The molecule has 0 aromatic rings. The number of carbonyl (C=O) groups excluding carboxylic acids is 3. The lowest BCUT2D eigenvalue weighted by molar-refractivity contribution is -0.213. The van der Waals surface area contributed by atoms with E-state index in [4.69, 9.17) is 9.84 Å². The molecule has 4 saturated carbocycles. The van der Waals surface area contributed by atoms with Crippen molar-refractivity contribution in [3.05, 3.63) is 11.6 Å². The van der Waals surface area contributed by atoms with Crippen LogP contribution in [-0.4, -0.2) is 58.6 Å². The number of rotatable bonds is 12. The summed E-state index contributed by atoms with van der Waals surface area (Å²) in [6.07, 6.45) is 12.1. The normalized spacial score (nSPS) is 37.4. The number of aliphatic carboxylic acids is 2. The molecular formula is C43H68N2O8. The molecule has 9 atom stereocenters. The average molecular weight is 741 g/mol. The Morgan fingerprint density at radius 1 is 0.849 bits per heavy atom. The van der Waals surface area contributed by atoms with Crippen LogP contribution in [0, 0.1) is 56.2 Å². The summed E-state index contributed by atoms with van der Waals surface area (Å²) in [6.45, 7) is 20.6. The van der Waals surface area contributed by atoms with Crippen LogP contribution in [0.15, 0.2) is 11.6 Å². The monoisotopic (exact) mass is 740 g/mol. The van der Waals surface area contributed by atoms with Gasteiger partial charge < -0.3 is 25.6 Å². The van der Waals surface area contributed by atoms with Gasteiger partial charge in [0.05, 0.1) is 18.3 Å². The minimum Gasteiger partial charge on any atom is -0.481 e. The molecule has 0 spiro atoms. The Bertz CT molecular complexity index is 1500. The number of nitrogens with one attached hydrogen (secondary N) is 2. The van der Waals surface area contributed by atoms with Gasteiger partial charge >= 0.3 is 17.9 Å². The third kappa shape index (κ3) is 7.30. The van der Waals surface area contributed by atoms with E-state index in [0.29, 0.717) is 24.8 Å². The van der Waals surface area contributed by atoms with Crippen molar-refractivity contribution in [3.63, 3.8) is 0 Å². The molecule has 3 unspecified atom stereocenters. The molecule has 0 aromatic carbocycles. The van der Waals surface area contributed by atoms with Crippen LogP contribution in [0.2, 0.25) is 0 Å². The lowest BCUT2D eigenvalue weighted by Crippen LogP contribution is -2.65. The summed E-state index contributed by atoms with van der Waals surface area (Å²) < 4.78 is 6.02. The van der Waals surface area contributed by atoms with E-state index in [1.54, 1.807) is 13.8 Å². The summed E-state index contributed by atoms with van der Waals surface area (Å²) in [6, 6.07) is -0.926. The molecule has 5 aliphatic rings. The van der Waals surface area contributed by atoms with Gasteiger partial charge in [0, 0.05) is 18.4 Å². The van der Waals surface area contributed by atoms with Crippen LogP contribution >= 0.6 is 0 Å². The Morgan fingerprint density at radius 2 is 1.53 bits per heavy atom. The number of carboxylic acids is 2. The van der Waals surface area contributed by atoms with Crippen LogP contribution in [0.5, 0.6) is 0 Å². The summed E-state index contributed by atoms with van der Waals surface area (Å²) in [5.41, 5.74) is 0.933. The fraction of sp³-hybridized carbons (Fsp3) is 0.837. The molecule has 5 rings (SSSR count). The Balaban J connectivity index is 1.34. The summed E-state index contributed by atoms with van der Waals surface area (Å²) in [5, 5.41) is 24.4. The van der Waals surface area contributed by atoms with Crippen LogP contribution < -0.4 is 10.6 Å². The molecule has 0 aromatic heterocycles. The summed E-state index contributed by atoms with van der Waals surface area (Å²) in [5.74, 6) is -1.91. The van der Waals surface area contributed by atoms with E-state index in [0.717, 1.165) is 64.2 Å². The fourth-order valence-electron chi connectivity index (χ4n) is 12.6. The molecule has 4 fully saturated rings. The van der Waals surface area contributed by atoms with Crippen molar-refractivity contribution in [2.24, 2.45) is 56.2 Å². The first-order valence-corrected chi connectivity index (χ1v) is 20.5. The van der Waals surface area contributed by atoms with Crippen LogP contribution in [0.25, 0.3) is 0 Å². The first-order chi connectivity index (χ1) is 24.5. The zero-order chi connectivity index (χ0) is 39.4. The third-order valence-electron chi connectivity index (χ3n) is 16.0. The minimum atomic E-state index is -1.04. The summed E-state index contributed by atoms with van der Waals surface area (Å²) >= 11 is 0. The van der Waals surface area contributed by atoms with Gasteiger partial charge in [-0.05, 0) is 116 Å². The zero-order valence-corrected chi connectivity index (χ0v) is 34.0. The van der Waals surface area contributed by atoms with Gasteiger partial charge in [-0.3, -0.25) is 19.2 Å². The number of hydrogen-bond donors (Lipinski definition) is 4. The Labute approximate surface area is 317 Å². The second-order valence-electron chi connectivity index (χ2n) is 20.1. The average Bonchev–Trinajstić information content (AvgIpc) is 3.05. The number of carboxylic acid groups (broad SMARTS) is 2. The predicted molar refractivity (Wildman–Crippen MR) is 202 cm³/mol. The van der Waals surface area contributed by atoms with Crippen molar-refractivity contribution in [1.29, 1.82) is 0 Å². The first kappa shape index (κ1) is 41.3. The van der Waals surface area contributed by atoms with E-state index in [2.05, 4.69) is 65.2 Å². The van der Waals surface area contributed by atoms with Crippen molar-refractivity contribution in [3.8, 4) is 0 Å². The maximum absolute atomic E-state index is 14.4.